The van der Waals surface area contributed by atoms with Crippen LogP contribution in [0.5, 0.6) is 0 Å². The number of methoxy groups -OCH3 is 1. The topological polar surface area (TPSA) is 38.3 Å². The number of rotatable bonds is 2. The molecule has 0 amide bonds. The van der Waals surface area contributed by atoms with Crippen LogP contribution in [-0.2, 0) is 4.74 Å². The number of esters is 1. The molecule has 2 aromatic rings. The molecule has 0 saturated carbocycles. The number of hydrogen-bond donors (Lipinski definition) is 1. The number of carbonyl (C=O) groups excluding carboxylic acids is 1. The molecule has 128 valence electrons. The van der Waals surface area contributed by atoms with Crippen LogP contribution in [0.15, 0.2) is 48.6 Å². The Hall–Kier alpha value is -2.26. The summed E-state index contributed by atoms with van der Waals surface area (Å²) in [5.74, 6) is 0.561. The van der Waals surface area contributed by atoms with Gasteiger partial charge in [0.05, 0.1) is 18.7 Å². The molecule has 2 aromatic carbocycles. The van der Waals surface area contributed by atoms with E-state index in [0.717, 1.165) is 22.7 Å². The minimum atomic E-state index is -0.309. The van der Waals surface area contributed by atoms with E-state index in [2.05, 4.69) is 30.5 Å². The van der Waals surface area contributed by atoms with Gasteiger partial charge in [-0.05, 0) is 54.2 Å². The number of carbonyl (C=O) groups is 1. The summed E-state index contributed by atoms with van der Waals surface area (Å²) in [6.07, 6.45) is 5.63. The standard InChI is InChI=1S/C21H20ClNO2/c1-12-18(22)11-10-17-15-4-3-5-16(15)20(23-19(12)17)13-6-8-14(9-7-13)21(24)25-2/h3-4,6-11,15-16,20,23H,5H2,1-2H3/t15-,16+,20-/m0/s1. The van der Waals surface area contributed by atoms with Crippen molar-refractivity contribution in [3.8, 4) is 0 Å². The number of fused-ring (bicyclic) bond motifs is 3. The minimum Gasteiger partial charge on any atom is -0.465 e. The molecule has 4 heteroatoms. The van der Waals surface area contributed by atoms with Crippen LogP contribution in [0.1, 0.15) is 45.4 Å². The first-order valence-electron chi connectivity index (χ1n) is 8.50. The maximum absolute atomic E-state index is 11.7. The zero-order valence-electron chi connectivity index (χ0n) is 14.3. The second-order valence-corrected chi connectivity index (χ2v) is 7.13. The number of halogens is 1. The molecule has 3 atom stereocenters. The lowest BCUT2D eigenvalue weighted by atomic mass is 9.76. The predicted molar refractivity (Wildman–Crippen MR) is 100 cm³/mol. The second-order valence-electron chi connectivity index (χ2n) is 6.73. The lowest BCUT2D eigenvalue weighted by Crippen LogP contribution is -2.29. The van der Waals surface area contributed by atoms with Crippen molar-refractivity contribution >= 4 is 23.3 Å². The Labute approximate surface area is 152 Å². The molecule has 0 bridgehead atoms. The van der Waals surface area contributed by atoms with E-state index in [4.69, 9.17) is 16.3 Å². The van der Waals surface area contributed by atoms with Crippen molar-refractivity contribution < 1.29 is 9.53 Å². The highest BCUT2D eigenvalue weighted by Crippen LogP contribution is 2.51. The highest BCUT2D eigenvalue weighted by molar-refractivity contribution is 6.31. The SMILES string of the molecule is COC(=O)c1ccc([C@@H]2Nc3c(ccc(Cl)c3C)[C@H]3C=CC[C@H]32)cc1. The molecule has 1 heterocycles. The van der Waals surface area contributed by atoms with Gasteiger partial charge in [0.25, 0.3) is 0 Å². The fraction of sp³-hybridized carbons (Fsp3) is 0.286. The zero-order chi connectivity index (χ0) is 17.6. The maximum atomic E-state index is 11.7. The van der Waals surface area contributed by atoms with E-state index >= 15 is 0 Å². The van der Waals surface area contributed by atoms with Gasteiger partial charge in [0, 0.05) is 16.6 Å². The van der Waals surface area contributed by atoms with Crippen LogP contribution >= 0.6 is 11.6 Å². The van der Waals surface area contributed by atoms with Gasteiger partial charge in [-0.15, -0.1) is 0 Å². The molecule has 4 rings (SSSR count). The van der Waals surface area contributed by atoms with E-state index in [1.165, 1.54) is 18.2 Å². The lowest BCUT2D eigenvalue weighted by Gasteiger charge is -2.38. The van der Waals surface area contributed by atoms with Crippen molar-refractivity contribution in [3.63, 3.8) is 0 Å². The van der Waals surface area contributed by atoms with E-state index in [1.807, 2.05) is 30.3 Å². The third-order valence-corrected chi connectivity index (χ3v) is 5.83. The molecule has 3 nitrogen and oxygen atoms in total. The molecule has 25 heavy (non-hydrogen) atoms. The number of hydrogen-bond acceptors (Lipinski definition) is 3. The normalized spacial score (nSPS) is 23.6. The first kappa shape index (κ1) is 16.2. The fourth-order valence-electron chi connectivity index (χ4n) is 4.06. The summed E-state index contributed by atoms with van der Waals surface area (Å²) in [5, 5.41) is 4.50. The number of ether oxygens (including phenoxy) is 1. The van der Waals surface area contributed by atoms with E-state index in [0.29, 0.717) is 17.4 Å². The Morgan fingerprint density at radius 3 is 2.68 bits per heavy atom. The maximum Gasteiger partial charge on any atom is 0.337 e. The van der Waals surface area contributed by atoms with Gasteiger partial charge in [-0.3, -0.25) is 0 Å². The van der Waals surface area contributed by atoms with Gasteiger partial charge in [0.2, 0.25) is 0 Å². The lowest BCUT2D eigenvalue weighted by molar-refractivity contribution is 0.0600. The molecule has 0 aromatic heterocycles. The molecule has 1 aliphatic carbocycles. The van der Waals surface area contributed by atoms with E-state index < -0.39 is 0 Å². The minimum absolute atomic E-state index is 0.191. The monoisotopic (exact) mass is 353 g/mol. The van der Waals surface area contributed by atoms with Crippen molar-refractivity contribution in [3.05, 3.63) is 75.8 Å². The van der Waals surface area contributed by atoms with Gasteiger partial charge in [-0.2, -0.15) is 0 Å². The van der Waals surface area contributed by atoms with Gasteiger partial charge in [-0.1, -0.05) is 42.0 Å². The molecule has 0 fully saturated rings. The molecular weight excluding hydrogens is 334 g/mol. The first-order valence-corrected chi connectivity index (χ1v) is 8.88. The smallest absolute Gasteiger partial charge is 0.337 e. The van der Waals surface area contributed by atoms with Crippen LogP contribution in [0, 0.1) is 12.8 Å². The van der Waals surface area contributed by atoms with Crippen molar-refractivity contribution in [1.29, 1.82) is 0 Å². The molecule has 0 unspecified atom stereocenters. The van der Waals surface area contributed by atoms with Gasteiger partial charge >= 0.3 is 5.97 Å². The largest absolute Gasteiger partial charge is 0.465 e. The summed E-state index contributed by atoms with van der Waals surface area (Å²) in [4.78, 5) is 11.7. The molecule has 2 aliphatic rings. The number of allylic oxidation sites excluding steroid dienone is 2. The van der Waals surface area contributed by atoms with Crippen molar-refractivity contribution in [2.75, 3.05) is 12.4 Å². The molecule has 0 spiro atoms. The third-order valence-electron chi connectivity index (χ3n) is 5.42. The van der Waals surface area contributed by atoms with Crippen LogP contribution in [0.4, 0.5) is 5.69 Å². The average Bonchev–Trinajstić information content (AvgIpc) is 3.13. The van der Waals surface area contributed by atoms with Gasteiger partial charge < -0.3 is 10.1 Å². The van der Waals surface area contributed by atoms with Gasteiger partial charge in [0.15, 0.2) is 0 Å². The first-order chi connectivity index (χ1) is 12.1. The Bertz CT molecular complexity index is 857. The second kappa shape index (κ2) is 6.23. The number of nitrogens with one attached hydrogen (secondary N) is 1. The van der Waals surface area contributed by atoms with Gasteiger partial charge in [-0.25, -0.2) is 4.79 Å². The molecule has 0 saturated heterocycles. The Morgan fingerprint density at radius 1 is 1.20 bits per heavy atom. The van der Waals surface area contributed by atoms with Crippen molar-refractivity contribution in [2.45, 2.75) is 25.3 Å². The molecule has 0 radical (unpaired) electrons. The number of anilines is 1. The van der Waals surface area contributed by atoms with Crippen LogP contribution in [-0.4, -0.2) is 13.1 Å². The summed E-state index contributed by atoms with van der Waals surface area (Å²) in [5.41, 5.74) is 5.30. The van der Waals surface area contributed by atoms with E-state index in [9.17, 15) is 4.79 Å². The molecule has 1 aliphatic heterocycles. The summed E-state index contributed by atoms with van der Waals surface area (Å²) in [6, 6.07) is 12.0. The van der Waals surface area contributed by atoms with Crippen molar-refractivity contribution in [1.82, 2.24) is 0 Å². The molecule has 1 N–H and O–H groups in total. The Kier molecular flexibility index (Phi) is 4.04. The van der Waals surface area contributed by atoms with Crippen LogP contribution in [0.3, 0.4) is 0 Å². The Balaban J connectivity index is 1.73. The van der Waals surface area contributed by atoms with E-state index in [-0.39, 0.29) is 12.0 Å². The highest BCUT2D eigenvalue weighted by Gasteiger charge is 2.38. The quantitative estimate of drug-likeness (QED) is 0.591. The average molecular weight is 354 g/mol. The highest BCUT2D eigenvalue weighted by atomic mass is 35.5. The zero-order valence-corrected chi connectivity index (χ0v) is 15.0. The van der Waals surface area contributed by atoms with Crippen LogP contribution < -0.4 is 5.32 Å². The predicted octanol–water partition coefficient (Wildman–Crippen LogP) is 5.26. The number of benzene rings is 2. The Morgan fingerprint density at radius 2 is 1.96 bits per heavy atom. The van der Waals surface area contributed by atoms with E-state index in [1.54, 1.807) is 0 Å². The van der Waals surface area contributed by atoms with Gasteiger partial charge in [0.1, 0.15) is 0 Å². The van der Waals surface area contributed by atoms with Crippen LogP contribution in [0.2, 0.25) is 5.02 Å². The van der Waals surface area contributed by atoms with Crippen molar-refractivity contribution in [2.24, 2.45) is 5.92 Å². The summed E-state index contributed by atoms with van der Waals surface area (Å²) >= 11 is 6.34. The summed E-state index contributed by atoms with van der Waals surface area (Å²) in [7, 11) is 1.40. The summed E-state index contributed by atoms with van der Waals surface area (Å²) in [6.45, 7) is 2.06. The molecular formula is C21H20ClNO2. The third kappa shape index (κ3) is 2.63. The van der Waals surface area contributed by atoms with Crippen LogP contribution in [0.25, 0.3) is 0 Å². The fourth-order valence-corrected chi connectivity index (χ4v) is 4.22. The summed E-state index contributed by atoms with van der Waals surface area (Å²) < 4.78 is 4.79.